The van der Waals surface area contributed by atoms with Gasteiger partial charge in [-0.3, -0.25) is 9.69 Å². The van der Waals surface area contributed by atoms with Crippen molar-refractivity contribution < 1.29 is 22.7 Å². The molecule has 2 N–H and O–H groups in total. The Labute approximate surface area is 140 Å². The highest BCUT2D eigenvalue weighted by atomic mass is 32.2. The van der Waals surface area contributed by atoms with E-state index in [0.717, 1.165) is 25.5 Å². The molecule has 2 fully saturated rings. The van der Waals surface area contributed by atoms with Gasteiger partial charge in [0.2, 0.25) is 10.0 Å². The Kier molecular flexibility index (Phi) is 4.89. The highest BCUT2D eigenvalue weighted by Crippen LogP contribution is 2.34. The van der Waals surface area contributed by atoms with Crippen molar-refractivity contribution in [3.8, 4) is 0 Å². The molecule has 0 aliphatic heterocycles. The molecule has 6 nitrogen and oxygen atoms in total. The molecule has 24 heavy (non-hydrogen) atoms. The van der Waals surface area contributed by atoms with Gasteiger partial charge in [-0.15, -0.1) is 0 Å². The second-order valence-electron chi connectivity index (χ2n) is 6.64. The lowest BCUT2D eigenvalue weighted by Gasteiger charge is -2.42. The number of sulfonamides is 1. The van der Waals surface area contributed by atoms with E-state index >= 15 is 0 Å². The van der Waals surface area contributed by atoms with E-state index in [4.69, 9.17) is 5.11 Å². The van der Waals surface area contributed by atoms with Gasteiger partial charge in [0.15, 0.2) is 0 Å². The van der Waals surface area contributed by atoms with Crippen LogP contribution in [0.25, 0.3) is 0 Å². The van der Waals surface area contributed by atoms with E-state index in [1.54, 1.807) is 0 Å². The van der Waals surface area contributed by atoms with Crippen molar-refractivity contribution in [3.63, 3.8) is 0 Å². The van der Waals surface area contributed by atoms with Gasteiger partial charge in [-0.2, -0.15) is 0 Å². The number of nitrogens with one attached hydrogen (secondary N) is 1. The second kappa shape index (κ2) is 6.78. The molecule has 2 aliphatic rings. The first-order valence-electron chi connectivity index (χ1n) is 8.08. The lowest BCUT2D eigenvalue weighted by atomic mass is 9.86. The maximum absolute atomic E-state index is 13.7. The van der Waals surface area contributed by atoms with E-state index < -0.39 is 21.8 Å². The predicted octanol–water partition coefficient (Wildman–Crippen LogP) is 1.43. The van der Waals surface area contributed by atoms with Gasteiger partial charge in [0, 0.05) is 18.6 Å². The minimum atomic E-state index is -3.89. The molecule has 1 aromatic carbocycles. The third kappa shape index (κ3) is 4.12. The SMILES string of the molecule is O=C(O)CN(CC1CC1)C1CC(NS(=O)(=O)c2ccccc2F)C1. The molecule has 2 saturated carbocycles. The van der Waals surface area contributed by atoms with Crippen LogP contribution in [0.4, 0.5) is 4.39 Å². The van der Waals surface area contributed by atoms with Crippen LogP contribution in [-0.2, 0) is 14.8 Å². The number of benzene rings is 1. The average Bonchev–Trinajstić information content (AvgIpc) is 3.25. The molecule has 0 heterocycles. The summed E-state index contributed by atoms with van der Waals surface area (Å²) >= 11 is 0. The molecule has 0 saturated heterocycles. The smallest absolute Gasteiger partial charge is 0.317 e. The van der Waals surface area contributed by atoms with Gasteiger partial charge in [0.1, 0.15) is 10.7 Å². The van der Waals surface area contributed by atoms with Crippen molar-refractivity contribution in [2.45, 2.75) is 42.7 Å². The van der Waals surface area contributed by atoms with Gasteiger partial charge < -0.3 is 5.11 Å². The third-order valence-electron chi connectivity index (χ3n) is 4.61. The number of hydrogen-bond acceptors (Lipinski definition) is 4. The summed E-state index contributed by atoms with van der Waals surface area (Å²) in [5.41, 5.74) is 0. The Hall–Kier alpha value is -1.51. The first-order chi connectivity index (χ1) is 11.3. The van der Waals surface area contributed by atoms with E-state index in [2.05, 4.69) is 4.72 Å². The predicted molar refractivity (Wildman–Crippen MR) is 85.5 cm³/mol. The van der Waals surface area contributed by atoms with Crippen molar-refractivity contribution in [3.05, 3.63) is 30.1 Å². The fourth-order valence-corrected chi connectivity index (χ4v) is 4.42. The molecular formula is C16H21FN2O4S. The molecule has 0 radical (unpaired) electrons. The quantitative estimate of drug-likeness (QED) is 0.736. The van der Waals surface area contributed by atoms with Crippen LogP contribution in [-0.4, -0.2) is 49.6 Å². The van der Waals surface area contributed by atoms with Crippen LogP contribution in [0.5, 0.6) is 0 Å². The molecule has 132 valence electrons. The number of carboxylic acids is 1. The first-order valence-corrected chi connectivity index (χ1v) is 9.56. The summed E-state index contributed by atoms with van der Waals surface area (Å²) in [5, 5.41) is 9.02. The Balaban J connectivity index is 1.57. The summed E-state index contributed by atoms with van der Waals surface area (Å²) in [6, 6.07) is 5.05. The van der Waals surface area contributed by atoms with Crippen LogP contribution in [0.3, 0.4) is 0 Å². The molecule has 3 rings (SSSR count). The molecule has 0 unspecified atom stereocenters. The van der Waals surface area contributed by atoms with Crippen LogP contribution in [0.1, 0.15) is 25.7 Å². The van der Waals surface area contributed by atoms with Gasteiger partial charge >= 0.3 is 5.97 Å². The van der Waals surface area contributed by atoms with E-state index in [1.807, 2.05) is 4.90 Å². The Morgan fingerprint density at radius 3 is 2.54 bits per heavy atom. The lowest BCUT2D eigenvalue weighted by Crippen LogP contribution is -2.55. The first kappa shape index (κ1) is 17.3. The highest BCUT2D eigenvalue weighted by Gasteiger charge is 2.39. The molecule has 0 aromatic heterocycles. The molecule has 0 spiro atoms. The Morgan fingerprint density at radius 2 is 1.96 bits per heavy atom. The molecule has 0 atom stereocenters. The number of carbonyl (C=O) groups is 1. The molecule has 2 aliphatic carbocycles. The van der Waals surface area contributed by atoms with Crippen LogP contribution in [0.2, 0.25) is 0 Å². The zero-order valence-electron chi connectivity index (χ0n) is 13.2. The summed E-state index contributed by atoms with van der Waals surface area (Å²) in [4.78, 5) is 12.6. The van der Waals surface area contributed by atoms with Gasteiger partial charge in [-0.1, -0.05) is 12.1 Å². The minimum Gasteiger partial charge on any atom is -0.480 e. The van der Waals surface area contributed by atoms with Crippen molar-refractivity contribution in [2.75, 3.05) is 13.1 Å². The third-order valence-corrected chi connectivity index (χ3v) is 6.16. The monoisotopic (exact) mass is 356 g/mol. The topological polar surface area (TPSA) is 86.7 Å². The summed E-state index contributed by atoms with van der Waals surface area (Å²) < 4.78 is 40.7. The molecular weight excluding hydrogens is 335 g/mol. The van der Waals surface area contributed by atoms with Gasteiger partial charge in [0.05, 0.1) is 6.54 Å². The zero-order chi connectivity index (χ0) is 17.3. The largest absolute Gasteiger partial charge is 0.480 e. The number of carboxylic acid groups (broad SMARTS) is 1. The Morgan fingerprint density at radius 1 is 1.29 bits per heavy atom. The molecule has 0 bridgehead atoms. The maximum Gasteiger partial charge on any atom is 0.317 e. The number of aliphatic carboxylic acids is 1. The molecule has 0 amide bonds. The van der Waals surface area contributed by atoms with Crippen LogP contribution < -0.4 is 4.72 Å². The fourth-order valence-electron chi connectivity index (χ4n) is 3.08. The van der Waals surface area contributed by atoms with E-state index in [0.29, 0.717) is 18.8 Å². The minimum absolute atomic E-state index is 0.0199. The van der Waals surface area contributed by atoms with Gasteiger partial charge in [-0.05, 0) is 43.7 Å². The Bertz CT molecular complexity index is 715. The highest BCUT2D eigenvalue weighted by molar-refractivity contribution is 7.89. The fraction of sp³-hybridized carbons (Fsp3) is 0.562. The van der Waals surface area contributed by atoms with Crippen LogP contribution >= 0.6 is 0 Å². The van der Waals surface area contributed by atoms with Crippen molar-refractivity contribution in [1.82, 2.24) is 9.62 Å². The second-order valence-corrected chi connectivity index (χ2v) is 8.32. The van der Waals surface area contributed by atoms with Crippen LogP contribution in [0.15, 0.2) is 29.2 Å². The standard InChI is InChI=1S/C16H21FN2O4S/c17-14-3-1-2-4-15(14)24(22,23)18-12-7-13(8-12)19(10-16(20)21)9-11-5-6-11/h1-4,11-13,18H,5-10H2,(H,20,21). The summed E-state index contributed by atoms with van der Waals surface area (Å²) in [5.74, 6) is -1.08. The van der Waals surface area contributed by atoms with Crippen molar-refractivity contribution in [2.24, 2.45) is 5.92 Å². The van der Waals surface area contributed by atoms with Gasteiger partial charge in [0.25, 0.3) is 0 Å². The molecule has 1 aromatic rings. The summed E-state index contributed by atoms with van der Waals surface area (Å²) in [6.45, 7) is 0.734. The van der Waals surface area contributed by atoms with E-state index in [9.17, 15) is 17.6 Å². The van der Waals surface area contributed by atoms with E-state index in [-0.39, 0.29) is 23.5 Å². The van der Waals surface area contributed by atoms with Gasteiger partial charge in [-0.25, -0.2) is 17.5 Å². The van der Waals surface area contributed by atoms with Crippen LogP contribution in [0, 0.1) is 11.7 Å². The number of rotatable bonds is 8. The number of halogens is 1. The van der Waals surface area contributed by atoms with Crippen molar-refractivity contribution in [1.29, 1.82) is 0 Å². The van der Waals surface area contributed by atoms with Crippen molar-refractivity contribution >= 4 is 16.0 Å². The molecule has 8 heteroatoms. The summed E-state index contributed by atoms with van der Waals surface area (Å²) in [6.07, 6.45) is 3.36. The number of hydrogen-bond donors (Lipinski definition) is 2. The maximum atomic E-state index is 13.7. The lowest BCUT2D eigenvalue weighted by molar-refractivity contribution is -0.139. The summed E-state index contributed by atoms with van der Waals surface area (Å²) in [7, 11) is -3.89. The van der Waals surface area contributed by atoms with E-state index in [1.165, 1.54) is 18.2 Å². The normalized spacial score (nSPS) is 23.9. The number of nitrogens with zero attached hydrogens (tertiary/aromatic N) is 1. The average molecular weight is 356 g/mol. The zero-order valence-corrected chi connectivity index (χ0v) is 14.0.